The summed E-state index contributed by atoms with van der Waals surface area (Å²) in [4.78, 5) is 11.7. The molecule has 0 bridgehead atoms. The van der Waals surface area contributed by atoms with Gasteiger partial charge >= 0.3 is 0 Å². The molecule has 2 heterocycles. The number of carbonyl (C=O) groups is 1. The molecule has 17 heavy (non-hydrogen) atoms. The molecule has 1 amide bonds. The monoisotopic (exact) mass is 239 g/mol. The Hall–Kier alpha value is -1.40. The largest absolute Gasteiger partial charge is 0.391 e. The lowest BCUT2D eigenvalue weighted by Crippen LogP contribution is -2.52. The molecule has 3 atom stereocenters. The normalized spacial score (nSPS) is 28.1. The van der Waals surface area contributed by atoms with E-state index in [9.17, 15) is 15.0 Å². The van der Waals surface area contributed by atoms with Gasteiger partial charge in [0.1, 0.15) is 11.5 Å². The molecule has 0 radical (unpaired) electrons. The maximum Gasteiger partial charge on any atom is 0.272 e. The Kier molecular flexibility index (Phi) is 3.17. The Labute approximate surface area is 99.2 Å². The van der Waals surface area contributed by atoms with Gasteiger partial charge in [-0.2, -0.15) is 0 Å². The average Bonchev–Trinajstić information content (AvgIpc) is 2.27. The van der Waals surface area contributed by atoms with Crippen LogP contribution in [0.4, 0.5) is 0 Å². The van der Waals surface area contributed by atoms with E-state index in [1.54, 1.807) is 0 Å². The van der Waals surface area contributed by atoms with E-state index in [4.69, 9.17) is 5.41 Å². The first-order valence-corrected chi connectivity index (χ1v) is 5.72. The van der Waals surface area contributed by atoms with Crippen LogP contribution in [-0.2, 0) is 4.79 Å². The molecule has 0 saturated carbocycles. The Balaban J connectivity index is 2.15. The van der Waals surface area contributed by atoms with Crippen LogP contribution in [-0.4, -0.2) is 40.2 Å². The van der Waals surface area contributed by atoms with Crippen molar-refractivity contribution >= 4 is 11.7 Å². The van der Waals surface area contributed by atoms with E-state index in [1.165, 1.54) is 6.92 Å². The highest BCUT2D eigenvalue weighted by atomic mass is 16.3. The Bertz CT molecular complexity index is 389. The van der Waals surface area contributed by atoms with Crippen LogP contribution in [0, 0.1) is 5.41 Å². The van der Waals surface area contributed by atoms with E-state index >= 15 is 0 Å². The Morgan fingerprint density at radius 2 is 2.18 bits per heavy atom. The van der Waals surface area contributed by atoms with E-state index in [2.05, 4.69) is 10.6 Å². The van der Waals surface area contributed by atoms with Crippen LogP contribution in [0.2, 0.25) is 0 Å². The fraction of sp³-hybridized carbons (Fsp3) is 0.636. The molecule has 6 heteroatoms. The fourth-order valence-corrected chi connectivity index (χ4v) is 2.27. The van der Waals surface area contributed by atoms with Gasteiger partial charge in [0.2, 0.25) is 0 Å². The van der Waals surface area contributed by atoms with Crippen molar-refractivity contribution in [2.45, 2.75) is 44.4 Å². The SMILES string of the molecule is CC(O)C(O)C1CCC2=C(N1)C(=O)NC(=N)C2. The van der Waals surface area contributed by atoms with Crippen LogP contribution in [0.15, 0.2) is 11.3 Å². The first-order chi connectivity index (χ1) is 7.99. The molecule has 2 aliphatic heterocycles. The third-order valence-corrected chi connectivity index (χ3v) is 3.23. The number of rotatable bonds is 2. The number of amidine groups is 1. The maximum absolute atomic E-state index is 11.7. The van der Waals surface area contributed by atoms with Crippen LogP contribution in [0.3, 0.4) is 0 Å². The summed E-state index contributed by atoms with van der Waals surface area (Å²) in [6.45, 7) is 1.52. The summed E-state index contributed by atoms with van der Waals surface area (Å²) in [6, 6.07) is -0.313. The zero-order chi connectivity index (χ0) is 12.6. The van der Waals surface area contributed by atoms with Crippen molar-refractivity contribution in [3.63, 3.8) is 0 Å². The number of hydrogen-bond donors (Lipinski definition) is 5. The molecular weight excluding hydrogens is 222 g/mol. The van der Waals surface area contributed by atoms with Crippen molar-refractivity contribution in [2.24, 2.45) is 0 Å². The van der Waals surface area contributed by atoms with Crippen molar-refractivity contribution in [2.75, 3.05) is 0 Å². The van der Waals surface area contributed by atoms with E-state index < -0.39 is 12.2 Å². The van der Waals surface area contributed by atoms with E-state index in [-0.39, 0.29) is 17.8 Å². The van der Waals surface area contributed by atoms with Gasteiger partial charge in [-0.15, -0.1) is 0 Å². The molecule has 0 aliphatic carbocycles. The van der Waals surface area contributed by atoms with Gasteiger partial charge in [-0.1, -0.05) is 0 Å². The molecule has 0 aromatic carbocycles. The fourth-order valence-electron chi connectivity index (χ4n) is 2.27. The minimum atomic E-state index is -0.891. The maximum atomic E-state index is 11.7. The summed E-state index contributed by atoms with van der Waals surface area (Å²) in [6.07, 6.45) is 0.0571. The van der Waals surface area contributed by atoms with Crippen molar-refractivity contribution in [1.82, 2.24) is 10.6 Å². The van der Waals surface area contributed by atoms with Crippen molar-refractivity contribution in [3.05, 3.63) is 11.3 Å². The van der Waals surface area contributed by atoms with E-state index in [1.807, 2.05) is 0 Å². The molecule has 0 spiro atoms. The Morgan fingerprint density at radius 1 is 1.47 bits per heavy atom. The second-order valence-electron chi connectivity index (χ2n) is 4.61. The van der Waals surface area contributed by atoms with Gasteiger partial charge in [0.05, 0.1) is 18.2 Å². The highest BCUT2D eigenvalue weighted by Crippen LogP contribution is 2.25. The lowest BCUT2D eigenvalue weighted by molar-refractivity contribution is -0.117. The molecule has 2 aliphatic rings. The molecule has 94 valence electrons. The van der Waals surface area contributed by atoms with Crippen LogP contribution in [0.5, 0.6) is 0 Å². The summed E-state index contributed by atoms with van der Waals surface area (Å²) in [5, 5.41) is 32.0. The smallest absolute Gasteiger partial charge is 0.272 e. The third kappa shape index (κ3) is 2.32. The van der Waals surface area contributed by atoms with Gasteiger partial charge in [0, 0.05) is 6.42 Å². The second kappa shape index (κ2) is 4.46. The van der Waals surface area contributed by atoms with Crippen LogP contribution in [0.25, 0.3) is 0 Å². The molecule has 2 rings (SSSR count). The molecule has 6 nitrogen and oxygen atoms in total. The predicted molar refractivity (Wildman–Crippen MR) is 61.4 cm³/mol. The van der Waals surface area contributed by atoms with Crippen LogP contribution in [0.1, 0.15) is 26.2 Å². The number of amides is 1. The molecular formula is C11H17N3O3. The van der Waals surface area contributed by atoms with Crippen molar-refractivity contribution in [1.29, 1.82) is 5.41 Å². The first kappa shape index (κ1) is 12.1. The first-order valence-electron chi connectivity index (χ1n) is 5.72. The average molecular weight is 239 g/mol. The Morgan fingerprint density at radius 3 is 2.82 bits per heavy atom. The quantitative estimate of drug-likeness (QED) is 0.436. The van der Waals surface area contributed by atoms with Crippen LogP contribution >= 0.6 is 0 Å². The molecule has 0 fully saturated rings. The van der Waals surface area contributed by atoms with Gasteiger partial charge in [0.15, 0.2) is 0 Å². The molecule has 0 saturated heterocycles. The topological polar surface area (TPSA) is 105 Å². The van der Waals surface area contributed by atoms with E-state index in [0.29, 0.717) is 25.0 Å². The zero-order valence-corrected chi connectivity index (χ0v) is 9.66. The van der Waals surface area contributed by atoms with Crippen molar-refractivity contribution in [3.8, 4) is 0 Å². The van der Waals surface area contributed by atoms with Gasteiger partial charge < -0.3 is 20.8 Å². The number of hydrogen-bond acceptors (Lipinski definition) is 5. The molecule has 3 unspecified atom stereocenters. The highest BCUT2D eigenvalue weighted by Gasteiger charge is 2.33. The lowest BCUT2D eigenvalue weighted by atomic mass is 9.89. The summed E-state index contributed by atoms with van der Waals surface area (Å²) >= 11 is 0. The van der Waals surface area contributed by atoms with Gasteiger partial charge in [-0.3, -0.25) is 10.2 Å². The minimum absolute atomic E-state index is 0.213. The molecule has 0 aromatic heterocycles. The van der Waals surface area contributed by atoms with E-state index in [0.717, 1.165) is 5.57 Å². The lowest BCUT2D eigenvalue weighted by Gasteiger charge is -2.34. The van der Waals surface area contributed by atoms with Crippen molar-refractivity contribution < 1.29 is 15.0 Å². The van der Waals surface area contributed by atoms with Gasteiger partial charge in [0.25, 0.3) is 5.91 Å². The standard InChI is InChI=1S/C11H17N3O3/c1-5(15)10(16)7-3-2-6-4-8(12)14-11(17)9(6)13-7/h5,7,10,13,15-16H,2-4H2,1H3,(H2,12,14,17). The zero-order valence-electron chi connectivity index (χ0n) is 9.66. The summed E-state index contributed by atoms with van der Waals surface area (Å²) in [5.74, 6) is -0.108. The number of aliphatic hydroxyl groups excluding tert-OH is 2. The van der Waals surface area contributed by atoms with Gasteiger partial charge in [-0.05, 0) is 25.3 Å². The molecule has 5 N–H and O–H groups in total. The predicted octanol–water partition coefficient (Wildman–Crippen LogP) is -0.769. The number of aliphatic hydroxyl groups is 2. The summed E-state index contributed by atoms with van der Waals surface area (Å²) < 4.78 is 0. The minimum Gasteiger partial charge on any atom is -0.391 e. The van der Waals surface area contributed by atoms with Gasteiger partial charge in [-0.25, -0.2) is 0 Å². The third-order valence-electron chi connectivity index (χ3n) is 3.23. The molecule has 0 aromatic rings. The number of carbonyl (C=O) groups excluding carboxylic acids is 1. The summed E-state index contributed by atoms with van der Waals surface area (Å²) in [7, 11) is 0. The number of nitrogens with one attached hydrogen (secondary N) is 3. The highest BCUT2D eigenvalue weighted by molar-refractivity contribution is 6.09. The summed E-state index contributed by atoms with van der Waals surface area (Å²) in [5.41, 5.74) is 1.37. The second-order valence-corrected chi connectivity index (χ2v) is 4.61. The van der Waals surface area contributed by atoms with Crippen LogP contribution < -0.4 is 10.6 Å².